The van der Waals surface area contributed by atoms with Gasteiger partial charge in [-0.3, -0.25) is 4.79 Å². The van der Waals surface area contributed by atoms with Gasteiger partial charge in [-0.15, -0.1) is 0 Å². The molecule has 3 aromatic rings. The van der Waals surface area contributed by atoms with Crippen molar-refractivity contribution in [1.29, 1.82) is 0 Å². The Morgan fingerprint density at radius 2 is 1.75 bits per heavy atom. The molecule has 0 unspecified atom stereocenters. The molecule has 1 atom stereocenters. The summed E-state index contributed by atoms with van der Waals surface area (Å²) in [5, 5.41) is 0.331. The van der Waals surface area contributed by atoms with Gasteiger partial charge in [0, 0.05) is 17.7 Å². The minimum absolute atomic E-state index is 0.0306. The zero-order chi connectivity index (χ0) is 20.1. The molecule has 5 heteroatoms. The number of aromatic nitrogens is 1. The van der Waals surface area contributed by atoms with Crippen molar-refractivity contribution in [1.82, 2.24) is 0 Å². The van der Waals surface area contributed by atoms with Crippen LogP contribution in [0.25, 0.3) is 0 Å². The highest BCUT2D eigenvalue weighted by molar-refractivity contribution is 7.77. The van der Waals surface area contributed by atoms with E-state index in [2.05, 4.69) is 25.8 Å². The van der Waals surface area contributed by atoms with Gasteiger partial charge in [0.15, 0.2) is 12.4 Å². The van der Waals surface area contributed by atoms with Gasteiger partial charge in [0.2, 0.25) is 11.8 Å². The topological polar surface area (TPSA) is 46.5 Å². The van der Waals surface area contributed by atoms with Crippen LogP contribution in [0.3, 0.4) is 0 Å². The third kappa shape index (κ3) is 4.73. The van der Waals surface area contributed by atoms with Crippen LogP contribution in [0.2, 0.25) is 0 Å². The van der Waals surface area contributed by atoms with Gasteiger partial charge in [0.25, 0.3) is 0 Å². The Balaban J connectivity index is 1.92. The maximum Gasteiger partial charge on any atom is 0.237 e. The molecule has 0 saturated carbocycles. The average Bonchev–Trinajstić information content (AvgIpc) is 3.20. The number of pyridine rings is 1. The molecule has 0 aliphatic carbocycles. The highest BCUT2D eigenvalue weighted by Crippen LogP contribution is 2.23. The molecular formula is C23H24N2O2S. The summed E-state index contributed by atoms with van der Waals surface area (Å²) in [7, 11) is 0. The fraction of sp³-hybridized carbons (Fsp3) is 0.261. The molecule has 0 fully saturated rings. The van der Waals surface area contributed by atoms with Gasteiger partial charge in [-0.2, -0.15) is 4.57 Å². The number of aliphatic imine (C=N–C) groups is 1. The van der Waals surface area contributed by atoms with E-state index in [1.54, 1.807) is 16.9 Å². The minimum Gasteiger partial charge on any atom is -0.758 e. The molecule has 0 saturated heterocycles. The van der Waals surface area contributed by atoms with Crippen LogP contribution in [-0.4, -0.2) is 10.8 Å². The van der Waals surface area contributed by atoms with E-state index >= 15 is 0 Å². The smallest absolute Gasteiger partial charge is 0.237 e. The lowest BCUT2D eigenvalue weighted by atomic mass is 9.86. The lowest BCUT2D eigenvalue weighted by Gasteiger charge is -2.21. The molecule has 0 aliphatic rings. The standard InChI is InChI=1S/C23H24N2O2S/c1-23(2,3)18-11-9-17(10-12-18)21(26)20(25-13-5-4-6-14-25)22(28)24-16-19-8-7-15-27-19/h4-15,20H,16H2,1-3H3/t20-/m0/s1. The van der Waals surface area contributed by atoms with Gasteiger partial charge in [-0.1, -0.05) is 51.1 Å². The number of furan rings is 1. The monoisotopic (exact) mass is 392 g/mol. The van der Waals surface area contributed by atoms with Crippen LogP contribution in [0.1, 0.15) is 48.5 Å². The predicted molar refractivity (Wildman–Crippen MR) is 112 cm³/mol. The van der Waals surface area contributed by atoms with Crippen LogP contribution >= 0.6 is 0 Å². The van der Waals surface area contributed by atoms with Crippen LogP contribution in [0.15, 0.2) is 82.7 Å². The number of nitrogens with zero attached hydrogens (tertiary/aromatic N) is 2. The van der Waals surface area contributed by atoms with Crippen LogP contribution in [0, 0.1) is 0 Å². The normalized spacial score (nSPS) is 13.3. The van der Waals surface area contributed by atoms with Crippen molar-refractivity contribution in [3.8, 4) is 0 Å². The fourth-order valence-electron chi connectivity index (χ4n) is 2.90. The first-order chi connectivity index (χ1) is 13.4. The molecule has 4 nitrogen and oxygen atoms in total. The SMILES string of the molecule is CC(C)(C)c1ccc(C(=O)[C@@H](C([S-])=NCc2ccco2)[n+]2ccccc2)cc1. The van der Waals surface area contributed by atoms with Crippen molar-refractivity contribution >= 4 is 23.5 Å². The number of ketones is 1. The predicted octanol–water partition coefficient (Wildman–Crippen LogP) is 4.43. The molecule has 0 spiro atoms. The van der Waals surface area contributed by atoms with Crippen LogP contribution < -0.4 is 4.57 Å². The van der Waals surface area contributed by atoms with Crippen molar-refractivity contribution < 1.29 is 13.8 Å². The van der Waals surface area contributed by atoms with Gasteiger partial charge >= 0.3 is 0 Å². The van der Waals surface area contributed by atoms with E-state index in [0.29, 0.717) is 22.9 Å². The quantitative estimate of drug-likeness (QED) is 0.205. The first kappa shape index (κ1) is 20.0. The Bertz CT molecular complexity index is 941. The molecule has 0 N–H and O–H groups in total. The van der Waals surface area contributed by atoms with Gasteiger partial charge in [0.05, 0.1) is 12.8 Å². The summed E-state index contributed by atoms with van der Waals surface area (Å²) in [5.74, 6) is 0.631. The fourth-order valence-corrected chi connectivity index (χ4v) is 3.19. The number of benzene rings is 1. The van der Waals surface area contributed by atoms with Gasteiger partial charge < -0.3 is 22.0 Å². The van der Waals surface area contributed by atoms with Crippen LogP contribution in [0.4, 0.5) is 0 Å². The van der Waals surface area contributed by atoms with Crippen LogP contribution in [0.5, 0.6) is 0 Å². The zero-order valence-corrected chi connectivity index (χ0v) is 17.1. The summed E-state index contributed by atoms with van der Waals surface area (Å²) in [4.78, 5) is 17.8. The van der Waals surface area contributed by atoms with E-state index in [4.69, 9.17) is 17.0 Å². The van der Waals surface area contributed by atoms with Crippen molar-refractivity contribution in [2.45, 2.75) is 38.8 Å². The molecule has 144 valence electrons. The molecule has 2 aromatic heterocycles. The third-order valence-corrected chi connectivity index (χ3v) is 4.88. The number of carbonyl (C=O) groups excluding carboxylic acids is 1. The summed E-state index contributed by atoms with van der Waals surface area (Å²) >= 11 is 5.54. The third-order valence-electron chi connectivity index (χ3n) is 4.53. The Morgan fingerprint density at radius 3 is 2.32 bits per heavy atom. The summed E-state index contributed by atoms with van der Waals surface area (Å²) in [5.41, 5.74) is 1.82. The minimum atomic E-state index is -0.674. The summed E-state index contributed by atoms with van der Waals surface area (Å²) in [6.07, 6.45) is 5.26. The van der Waals surface area contributed by atoms with Crippen molar-refractivity contribution in [2.75, 3.05) is 0 Å². The maximum absolute atomic E-state index is 13.3. The summed E-state index contributed by atoms with van der Waals surface area (Å²) < 4.78 is 7.11. The van der Waals surface area contributed by atoms with E-state index < -0.39 is 6.04 Å². The van der Waals surface area contributed by atoms with E-state index in [1.165, 1.54) is 5.56 Å². The van der Waals surface area contributed by atoms with E-state index in [0.717, 1.165) is 0 Å². The summed E-state index contributed by atoms with van der Waals surface area (Å²) in [6.45, 7) is 6.76. The molecule has 28 heavy (non-hydrogen) atoms. The number of carbonyl (C=O) groups is 1. The van der Waals surface area contributed by atoms with Crippen LogP contribution in [-0.2, 0) is 24.6 Å². The summed E-state index contributed by atoms with van der Waals surface area (Å²) in [6, 6.07) is 16.4. The first-order valence-corrected chi connectivity index (χ1v) is 9.61. The van der Waals surface area contributed by atoms with Gasteiger partial charge in [-0.25, -0.2) is 0 Å². The molecule has 2 heterocycles. The second-order valence-corrected chi connectivity index (χ2v) is 8.07. The average molecular weight is 393 g/mol. The number of Topliss-reactive ketones (excluding diaryl/α,β-unsaturated/α-hetero) is 1. The highest BCUT2D eigenvalue weighted by atomic mass is 32.1. The van der Waals surface area contributed by atoms with Crippen molar-refractivity contribution in [2.24, 2.45) is 4.99 Å². The first-order valence-electron chi connectivity index (χ1n) is 9.20. The number of hydrogen-bond acceptors (Lipinski definition) is 4. The van der Waals surface area contributed by atoms with E-state index in [1.807, 2.05) is 60.9 Å². The number of rotatable bonds is 6. The second-order valence-electron chi connectivity index (χ2n) is 7.65. The zero-order valence-electron chi connectivity index (χ0n) is 16.3. The molecule has 3 rings (SSSR count). The Labute approximate surface area is 171 Å². The Hall–Kier alpha value is -2.79. The Morgan fingerprint density at radius 1 is 1.07 bits per heavy atom. The lowest BCUT2D eigenvalue weighted by molar-refractivity contribution is -0.691. The molecule has 0 aliphatic heterocycles. The van der Waals surface area contributed by atoms with Gasteiger partial charge in [0.1, 0.15) is 5.76 Å². The molecule has 1 aromatic carbocycles. The van der Waals surface area contributed by atoms with E-state index in [-0.39, 0.29) is 11.2 Å². The van der Waals surface area contributed by atoms with E-state index in [9.17, 15) is 4.79 Å². The van der Waals surface area contributed by atoms with Crippen molar-refractivity contribution in [3.63, 3.8) is 0 Å². The molecule has 0 amide bonds. The molecule has 0 bridgehead atoms. The Kier molecular flexibility index (Phi) is 6.05. The molecule has 0 radical (unpaired) electrons. The molecular weight excluding hydrogens is 368 g/mol. The van der Waals surface area contributed by atoms with Crippen molar-refractivity contribution in [3.05, 3.63) is 90.1 Å². The highest BCUT2D eigenvalue weighted by Gasteiger charge is 2.28. The van der Waals surface area contributed by atoms with Gasteiger partial charge in [-0.05, 0) is 28.2 Å². The maximum atomic E-state index is 13.3. The largest absolute Gasteiger partial charge is 0.758 e. The second kappa shape index (κ2) is 8.48. The number of hydrogen-bond donors (Lipinski definition) is 0. The lowest BCUT2D eigenvalue weighted by Crippen LogP contribution is -2.47.